The molecule has 3 aromatic rings. The first-order valence-corrected chi connectivity index (χ1v) is 7.84. The Morgan fingerprint density at radius 2 is 1.73 bits per heavy atom. The van der Waals surface area contributed by atoms with E-state index in [4.69, 9.17) is 0 Å². The molecule has 6 nitrogen and oxygen atoms in total. The Bertz CT molecular complexity index is 1050. The van der Waals surface area contributed by atoms with Gasteiger partial charge in [0.15, 0.2) is 0 Å². The van der Waals surface area contributed by atoms with E-state index in [1.54, 1.807) is 24.3 Å². The number of anilines is 1. The Morgan fingerprint density at radius 3 is 2.42 bits per heavy atom. The zero-order valence-corrected chi connectivity index (χ0v) is 13.4. The molecule has 0 aliphatic carbocycles. The van der Waals surface area contributed by atoms with Crippen LogP contribution in [0.1, 0.15) is 20.7 Å². The van der Waals surface area contributed by atoms with E-state index in [0.717, 1.165) is 4.90 Å². The van der Waals surface area contributed by atoms with Crippen LogP contribution < -0.4 is 5.32 Å². The number of rotatable bonds is 3. The minimum absolute atomic E-state index is 0.279. The van der Waals surface area contributed by atoms with Crippen LogP contribution in [-0.2, 0) is 4.79 Å². The third-order valence-electron chi connectivity index (χ3n) is 4.16. The second-order valence-corrected chi connectivity index (χ2v) is 5.81. The molecule has 1 aliphatic rings. The van der Waals surface area contributed by atoms with E-state index in [0.29, 0.717) is 16.6 Å². The van der Waals surface area contributed by atoms with E-state index in [9.17, 15) is 18.8 Å². The number of halogens is 1. The van der Waals surface area contributed by atoms with Crippen LogP contribution in [0, 0.1) is 5.82 Å². The lowest BCUT2D eigenvalue weighted by Gasteiger charge is -2.14. The summed E-state index contributed by atoms with van der Waals surface area (Å²) in [4.78, 5) is 42.0. The molecule has 1 aromatic heterocycles. The number of fused-ring (bicyclic) bond motifs is 2. The van der Waals surface area contributed by atoms with Gasteiger partial charge in [0.2, 0.25) is 5.91 Å². The molecule has 1 aliphatic heterocycles. The number of pyridine rings is 1. The monoisotopic (exact) mass is 349 g/mol. The van der Waals surface area contributed by atoms with Crippen LogP contribution in [0.15, 0.2) is 54.7 Å². The SMILES string of the molecule is O=C(CN1C(=O)c2ccccc2C1=O)Nc1ccnc2ccc(F)cc12. The van der Waals surface area contributed by atoms with E-state index in [-0.39, 0.29) is 11.1 Å². The van der Waals surface area contributed by atoms with Gasteiger partial charge in [-0.15, -0.1) is 0 Å². The fraction of sp³-hybridized carbons (Fsp3) is 0.0526. The summed E-state index contributed by atoms with van der Waals surface area (Å²) in [6.45, 7) is -0.425. The molecular formula is C19H12FN3O3. The topological polar surface area (TPSA) is 79.4 Å². The molecule has 7 heteroatoms. The smallest absolute Gasteiger partial charge is 0.262 e. The summed E-state index contributed by atoms with van der Waals surface area (Å²) in [5.74, 6) is -2.03. The fourth-order valence-corrected chi connectivity index (χ4v) is 2.94. The number of amides is 3. The summed E-state index contributed by atoms with van der Waals surface area (Å²) in [6.07, 6.45) is 1.48. The Morgan fingerprint density at radius 1 is 1.04 bits per heavy atom. The van der Waals surface area contributed by atoms with Gasteiger partial charge in [0.25, 0.3) is 11.8 Å². The molecule has 0 spiro atoms. The van der Waals surface area contributed by atoms with Gasteiger partial charge in [0.05, 0.1) is 22.3 Å². The van der Waals surface area contributed by atoms with Gasteiger partial charge in [-0.25, -0.2) is 4.39 Å². The second-order valence-electron chi connectivity index (χ2n) is 5.81. The van der Waals surface area contributed by atoms with Crippen LogP contribution in [0.2, 0.25) is 0 Å². The van der Waals surface area contributed by atoms with Gasteiger partial charge in [-0.1, -0.05) is 12.1 Å². The number of hydrogen-bond donors (Lipinski definition) is 1. The second kappa shape index (κ2) is 6.03. The Hall–Kier alpha value is -3.61. The standard InChI is InChI=1S/C19H12FN3O3/c20-11-5-6-15-14(9-11)16(7-8-21-15)22-17(24)10-23-18(25)12-3-1-2-4-13(12)19(23)26/h1-9H,10H2,(H,21,22,24). The van der Waals surface area contributed by atoms with Gasteiger partial charge in [-0.3, -0.25) is 24.3 Å². The van der Waals surface area contributed by atoms with Crippen molar-refractivity contribution in [3.63, 3.8) is 0 Å². The van der Waals surface area contributed by atoms with Gasteiger partial charge in [-0.05, 0) is 36.4 Å². The summed E-state index contributed by atoms with van der Waals surface area (Å²) in [5, 5.41) is 3.05. The lowest BCUT2D eigenvalue weighted by Crippen LogP contribution is -2.37. The van der Waals surface area contributed by atoms with E-state index < -0.39 is 30.1 Å². The van der Waals surface area contributed by atoms with Gasteiger partial charge in [-0.2, -0.15) is 0 Å². The molecule has 0 radical (unpaired) electrons. The largest absolute Gasteiger partial charge is 0.324 e. The minimum atomic E-state index is -0.559. The molecule has 0 atom stereocenters. The molecule has 0 saturated carbocycles. The maximum atomic E-state index is 13.5. The lowest BCUT2D eigenvalue weighted by molar-refractivity contribution is -0.116. The average Bonchev–Trinajstić information content (AvgIpc) is 2.87. The molecule has 3 amide bonds. The van der Waals surface area contributed by atoms with Crippen molar-refractivity contribution in [2.45, 2.75) is 0 Å². The fourth-order valence-electron chi connectivity index (χ4n) is 2.94. The summed E-state index contributed by atoms with van der Waals surface area (Å²) in [7, 11) is 0. The number of imide groups is 1. The van der Waals surface area contributed by atoms with Crippen molar-refractivity contribution >= 4 is 34.3 Å². The summed E-state index contributed by atoms with van der Waals surface area (Å²) >= 11 is 0. The van der Waals surface area contributed by atoms with Crippen molar-refractivity contribution < 1.29 is 18.8 Å². The first-order chi connectivity index (χ1) is 12.5. The van der Waals surface area contributed by atoms with Gasteiger partial charge in [0, 0.05) is 11.6 Å². The van der Waals surface area contributed by atoms with Crippen LogP contribution in [-0.4, -0.2) is 34.2 Å². The van der Waals surface area contributed by atoms with E-state index in [2.05, 4.69) is 10.3 Å². The predicted octanol–water partition coefficient (Wildman–Crippen LogP) is 2.61. The molecular weight excluding hydrogens is 337 g/mol. The lowest BCUT2D eigenvalue weighted by atomic mass is 10.1. The average molecular weight is 349 g/mol. The number of carbonyl (C=O) groups is 3. The first-order valence-electron chi connectivity index (χ1n) is 7.84. The Balaban J connectivity index is 1.57. The van der Waals surface area contributed by atoms with Crippen molar-refractivity contribution in [3.8, 4) is 0 Å². The Labute approximate surface area is 147 Å². The van der Waals surface area contributed by atoms with Crippen LogP contribution in [0.25, 0.3) is 10.9 Å². The van der Waals surface area contributed by atoms with Crippen molar-refractivity contribution in [1.29, 1.82) is 0 Å². The highest BCUT2D eigenvalue weighted by atomic mass is 19.1. The zero-order valence-electron chi connectivity index (χ0n) is 13.4. The quantitative estimate of drug-likeness (QED) is 0.737. The van der Waals surface area contributed by atoms with E-state index >= 15 is 0 Å². The van der Waals surface area contributed by atoms with E-state index in [1.165, 1.54) is 30.5 Å². The highest BCUT2D eigenvalue weighted by Gasteiger charge is 2.36. The maximum Gasteiger partial charge on any atom is 0.262 e. The maximum absolute atomic E-state index is 13.5. The molecule has 0 bridgehead atoms. The number of carbonyl (C=O) groups excluding carboxylic acids is 3. The third kappa shape index (κ3) is 2.59. The van der Waals surface area contributed by atoms with Crippen LogP contribution in [0.4, 0.5) is 10.1 Å². The number of aromatic nitrogens is 1. The van der Waals surface area contributed by atoms with Crippen LogP contribution in [0.5, 0.6) is 0 Å². The van der Waals surface area contributed by atoms with Crippen LogP contribution in [0.3, 0.4) is 0 Å². The van der Waals surface area contributed by atoms with Gasteiger partial charge >= 0.3 is 0 Å². The highest BCUT2D eigenvalue weighted by molar-refractivity contribution is 6.22. The van der Waals surface area contributed by atoms with Gasteiger partial charge < -0.3 is 5.32 Å². The number of hydrogen-bond acceptors (Lipinski definition) is 4. The molecule has 26 heavy (non-hydrogen) atoms. The van der Waals surface area contributed by atoms with E-state index in [1.807, 2.05) is 0 Å². The molecule has 128 valence electrons. The Kier molecular flexibility index (Phi) is 3.69. The molecule has 0 saturated heterocycles. The summed E-state index contributed by atoms with van der Waals surface area (Å²) in [6, 6.07) is 12.0. The molecule has 2 aromatic carbocycles. The van der Waals surface area contributed by atoms with Crippen molar-refractivity contribution in [3.05, 3.63) is 71.7 Å². The van der Waals surface area contributed by atoms with Crippen molar-refractivity contribution in [2.75, 3.05) is 11.9 Å². The predicted molar refractivity (Wildman–Crippen MR) is 92.1 cm³/mol. The molecule has 0 unspecified atom stereocenters. The van der Waals surface area contributed by atoms with Crippen molar-refractivity contribution in [2.24, 2.45) is 0 Å². The molecule has 4 rings (SSSR count). The van der Waals surface area contributed by atoms with Crippen molar-refractivity contribution in [1.82, 2.24) is 9.88 Å². The number of nitrogens with one attached hydrogen (secondary N) is 1. The molecule has 2 heterocycles. The summed E-state index contributed by atoms with van der Waals surface area (Å²) < 4.78 is 13.5. The first kappa shape index (κ1) is 15.9. The number of benzene rings is 2. The number of nitrogens with zero attached hydrogens (tertiary/aromatic N) is 2. The zero-order chi connectivity index (χ0) is 18.3. The summed E-state index contributed by atoms with van der Waals surface area (Å²) in [5.41, 5.74) is 1.43. The highest BCUT2D eigenvalue weighted by Crippen LogP contribution is 2.24. The van der Waals surface area contributed by atoms with Gasteiger partial charge in [0.1, 0.15) is 12.4 Å². The molecule has 0 fully saturated rings. The third-order valence-corrected chi connectivity index (χ3v) is 4.16. The van der Waals surface area contributed by atoms with Crippen LogP contribution >= 0.6 is 0 Å². The normalized spacial score (nSPS) is 13.2. The minimum Gasteiger partial charge on any atom is -0.324 e. The molecule has 1 N–H and O–H groups in total.